The molecule has 0 unspecified atom stereocenters. The molecule has 106 valence electrons. The van der Waals surface area contributed by atoms with Crippen molar-refractivity contribution in [2.75, 3.05) is 19.1 Å². The lowest BCUT2D eigenvalue weighted by Gasteiger charge is -2.29. The summed E-state index contributed by atoms with van der Waals surface area (Å²) in [6.07, 6.45) is 0. The quantitative estimate of drug-likeness (QED) is 0.911. The molecule has 0 aliphatic carbocycles. The number of amides is 1. The van der Waals surface area contributed by atoms with Crippen LogP contribution in [0.3, 0.4) is 0 Å². The minimum Gasteiger partial charge on any atom is -0.496 e. The number of hydrogen-bond donors (Lipinski definition) is 1. The molecule has 0 heterocycles. The van der Waals surface area contributed by atoms with Gasteiger partial charge in [0.1, 0.15) is 5.75 Å². The first-order chi connectivity index (χ1) is 8.61. The van der Waals surface area contributed by atoms with Gasteiger partial charge in [-0.15, -0.1) is 0 Å². The van der Waals surface area contributed by atoms with Crippen LogP contribution in [0.15, 0.2) is 6.07 Å². The second-order valence-corrected chi connectivity index (χ2v) is 5.58. The Bertz CT molecular complexity index is 502. The maximum absolute atomic E-state index is 12.3. The van der Waals surface area contributed by atoms with E-state index in [1.54, 1.807) is 32.9 Å². The molecule has 19 heavy (non-hydrogen) atoms. The molecule has 4 nitrogen and oxygen atoms in total. The summed E-state index contributed by atoms with van der Waals surface area (Å²) >= 11 is 0. The Balaban J connectivity index is 3.36. The van der Waals surface area contributed by atoms with Gasteiger partial charge in [0.15, 0.2) is 0 Å². The Morgan fingerprint density at radius 2 is 1.79 bits per heavy atom. The van der Waals surface area contributed by atoms with Crippen molar-refractivity contribution in [3.8, 4) is 5.75 Å². The first-order valence-electron chi connectivity index (χ1n) is 6.33. The highest BCUT2D eigenvalue weighted by atomic mass is 16.5. The second kappa shape index (κ2) is 5.21. The third-order valence-electron chi connectivity index (χ3n) is 3.42. The number of methoxy groups -OCH3 is 1. The van der Waals surface area contributed by atoms with E-state index in [0.29, 0.717) is 0 Å². The van der Waals surface area contributed by atoms with Gasteiger partial charge in [0.05, 0.1) is 12.6 Å². The summed E-state index contributed by atoms with van der Waals surface area (Å²) in [5, 5.41) is 0. The lowest BCUT2D eigenvalue weighted by Crippen LogP contribution is -2.50. The van der Waals surface area contributed by atoms with Gasteiger partial charge in [-0.1, -0.05) is 0 Å². The average Bonchev–Trinajstić information content (AvgIpc) is 2.31. The summed E-state index contributed by atoms with van der Waals surface area (Å²) < 4.78 is 5.34. The van der Waals surface area contributed by atoms with E-state index in [9.17, 15) is 4.79 Å². The molecule has 2 N–H and O–H groups in total. The number of nitrogens with zero attached hydrogens (tertiary/aromatic N) is 1. The van der Waals surface area contributed by atoms with E-state index in [1.807, 2.05) is 26.8 Å². The molecule has 0 aliphatic heterocycles. The van der Waals surface area contributed by atoms with Crippen LogP contribution in [0.5, 0.6) is 5.75 Å². The SMILES string of the molecule is COc1cc(C)c(N(C)C(=O)C(C)(C)N)c(C)c1C. The minimum absolute atomic E-state index is 0.108. The summed E-state index contributed by atoms with van der Waals surface area (Å²) in [6, 6.07) is 1.95. The Hall–Kier alpha value is -1.55. The zero-order valence-corrected chi connectivity index (χ0v) is 12.9. The highest BCUT2D eigenvalue weighted by Gasteiger charge is 2.28. The molecule has 0 radical (unpaired) electrons. The summed E-state index contributed by atoms with van der Waals surface area (Å²) in [5.41, 5.74) is 8.99. The third-order valence-corrected chi connectivity index (χ3v) is 3.42. The Labute approximate surface area is 115 Å². The van der Waals surface area contributed by atoms with Crippen LogP contribution >= 0.6 is 0 Å². The lowest BCUT2D eigenvalue weighted by atomic mass is 9.99. The van der Waals surface area contributed by atoms with Crippen molar-refractivity contribution in [3.63, 3.8) is 0 Å². The first kappa shape index (κ1) is 15.5. The van der Waals surface area contributed by atoms with Crippen molar-refractivity contribution in [1.29, 1.82) is 0 Å². The van der Waals surface area contributed by atoms with E-state index in [-0.39, 0.29) is 5.91 Å². The second-order valence-electron chi connectivity index (χ2n) is 5.58. The van der Waals surface area contributed by atoms with E-state index in [2.05, 4.69) is 0 Å². The van der Waals surface area contributed by atoms with E-state index < -0.39 is 5.54 Å². The van der Waals surface area contributed by atoms with Crippen molar-refractivity contribution in [3.05, 3.63) is 22.8 Å². The third kappa shape index (κ3) is 2.89. The van der Waals surface area contributed by atoms with Crippen molar-refractivity contribution >= 4 is 11.6 Å². The topological polar surface area (TPSA) is 55.6 Å². The maximum atomic E-state index is 12.3. The number of ether oxygens (including phenoxy) is 1. The predicted octanol–water partition coefficient (Wildman–Crippen LogP) is 2.32. The molecule has 1 aromatic carbocycles. The smallest absolute Gasteiger partial charge is 0.246 e. The number of nitrogens with two attached hydrogens (primary N) is 1. The molecule has 1 rings (SSSR count). The highest BCUT2D eigenvalue weighted by molar-refractivity contribution is 6.00. The Kier molecular flexibility index (Phi) is 4.25. The Morgan fingerprint density at radius 1 is 1.26 bits per heavy atom. The molecular formula is C15H24N2O2. The van der Waals surface area contributed by atoms with Crippen LogP contribution in [0, 0.1) is 20.8 Å². The zero-order valence-electron chi connectivity index (χ0n) is 12.9. The van der Waals surface area contributed by atoms with E-state index in [4.69, 9.17) is 10.5 Å². The van der Waals surface area contributed by atoms with Crippen LogP contribution in [0.4, 0.5) is 5.69 Å². The number of rotatable bonds is 3. The van der Waals surface area contributed by atoms with Crippen molar-refractivity contribution in [2.45, 2.75) is 40.2 Å². The minimum atomic E-state index is -0.887. The molecular weight excluding hydrogens is 240 g/mol. The largest absolute Gasteiger partial charge is 0.496 e. The maximum Gasteiger partial charge on any atom is 0.246 e. The summed E-state index contributed by atoms with van der Waals surface area (Å²) in [6.45, 7) is 9.38. The van der Waals surface area contributed by atoms with Gasteiger partial charge >= 0.3 is 0 Å². The van der Waals surface area contributed by atoms with Gasteiger partial charge in [0.25, 0.3) is 0 Å². The summed E-state index contributed by atoms with van der Waals surface area (Å²) in [4.78, 5) is 13.9. The van der Waals surface area contributed by atoms with Crippen LogP contribution in [0.1, 0.15) is 30.5 Å². The number of likely N-dealkylation sites (N-methyl/N-ethyl adjacent to an activating group) is 1. The molecule has 1 aromatic rings. The van der Waals surface area contributed by atoms with Gasteiger partial charge in [-0.3, -0.25) is 4.79 Å². The molecule has 1 amide bonds. The summed E-state index contributed by atoms with van der Waals surface area (Å²) in [5.74, 6) is 0.731. The number of hydrogen-bond acceptors (Lipinski definition) is 3. The number of carbonyl (C=O) groups is 1. The molecule has 0 fully saturated rings. The van der Waals surface area contributed by atoms with E-state index in [0.717, 1.165) is 28.1 Å². The number of anilines is 1. The molecule has 0 atom stereocenters. The first-order valence-corrected chi connectivity index (χ1v) is 6.33. The molecule has 4 heteroatoms. The molecule has 0 saturated heterocycles. The van der Waals surface area contributed by atoms with Crippen LogP contribution < -0.4 is 15.4 Å². The Morgan fingerprint density at radius 3 is 2.21 bits per heavy atom. The summed E-state index contributed by atoms with van der Waals surface area (Å²) in [7, 11) is 3.41. The fourth-order valence-corrected chi connectivity index (χ4v) is 2.29. The molecule has 0 saturated carbocycles. The lowest BCUT2D eigenvalue weighted by molar-refractivity contribution is -0.122. The fraction of sp³-hybridized carbons (Fsp3) is 0.533. The predicted molar refractivity (Wildman–Crippen MR) is 78.9 cm³/mol. The normalized spacial score (nSPS) is 11.4. The van der Waals surface area contributed by atoms with Gasteiger partial charge in [-0.2, -0.15) is 0 Å². The molecule has 0 spiro atoms. The van der Waals surface area contributed by atoms with Gasteiger partial charge in [-0.05, 0) is 57.4 Å². The number of aryl methyl sites for hydroxylation is 1. The van der Waals surface area contributed by atoms with Crippen LogP contribution in [0.25, 0.3) is 0 Å². The molecule has 0 aliphatic rings. The van der Waals surface area contributed by atoms with Gasteiger partial charge in [-0.25, -0.2) is 0 Å². The zero-order chi connectivity index (χ0) is 15.0. The number of carbonyl (C=O) groups excluding carboxylic acids is 1. The molecule has 0 bridgehead atoms. The fourth-order valence-electron chi connectivity index (χ4n) is 2.29. The standard InChI is InChI=1S/C15H24N2O2/c1-9-8-12(19-7)10(2)11(3)13(9)17(6)14(18)15(4,5)16/h8H,16H2,1-7H3. The monoisotopic (exact) mass is 264 g/mol. The van der Waals surface area contributed by atoms with Gasteiger partial charge in [0.2, 0.25) is 5.91 Å². The van der Waals surface area contributed by atoms with Gasteiger partial charge in [0, 0.05) is 12.7 Å². The van der Waals surface area contributed by atoms with Crippen LogP contribution in [0.2, 0.25) is 0 Å². The van der Waals surface area contributed by atoms with E-state index >= 15 is 0 Å². The molecule has 0 aromatic heterocycles. The van der Waals surface area contributed by atoms with Crippen molar-refractivity contribution < 1.29 is 9.53 Å². The highest BCUT2D eigenvalue weighted by Crippen LogP contribution is 2.33. The van der Waals surface area contributed by atoms with E-state index in [1.165, 1.54) is 0 Å². The van der Waals surface area contributed by atoms with Crippen LogP contribution in [-0.4, -0.2) is 25.6 Å². The van der Waals surface area contributed by atoms with Crippen molar-refractivity contribution in [1.82, 2.24) is 0 Å². The average molecular weight is 264 g/mol. The van der Waals surface area contributed by atoms with Gasteiger partial charge < -0.3 is 15.4 Å². The number of benzene rings is 1. The van der Waals surface area contributed by atoms with Crippen LogP contribution in [-0.2, 0) is 4.79 Å². The van der Waals surface area contributed by atoms with Crippen molar-refractivity contribution in [2.24, 2.45) is 5.73 Å².